The minimum Gasteiger partial charge on any atom is -0.369 e. The molecule has 0 saturated carbocycles. The van der Waals surface area contributed by atoms with Gasteiger partial charge in [-0.2, -0.15) is 0 Å². The van der Waals surface area contributed by atoms with E-state index in [9.17, 15) is 0 Å². The SMILES string of the molecule is CN=C(NCCCCN1CCN(c2cccc(C)c2)CC1)NCc1cccs1. The second kappa shape index (κ2) is 11.1. The summed E-state index contributed by atoms with van der Waals surface area (Å²) in [6.07, 6.45) is 2.39. The van der Waals surface area contributed by atoms with Gasteiger partial charge < -0.3 is 15.5 Å². The van der Waals surface area contributed by atoms with Crippen LogP contribution in [0.15, 0.2) is 46.8 Å². The Labute approximate surface area is 173 Å². The summed E-state index contributed by atoms with van der Waals surface area (Å²) >= 11 is 1.77. The van der Waals surface area contributed by atoms with Crippen molar-refractivity contribution in [3.63, 3.8) is 0 Å². The Balaban J connectivity index is 1.26. The van der Waals surface area contributed by atoms with E-state index in [0.717, 1.165) is 51.6 Å². The molecule has 2 N–H and O–H groups in total. The average molecular weight is 400 g/mol. The topological polar surface area (TPSA) is 42.9 Å². The van der Waals surface area contributed by atoms with E-state index >= 15 is 0 Å². The van der Waals surface area contributed by atoms with Gasteiger partial charge in [0.05, 0.1) is 6.54 Å². The summed E-state index contributed by atoms with van der Waals surface area (Å²) in [7, 11) is 1.83. The lowest BCUT2D eigenvalue weighted by Crippen LogP contribution is -2.46. The highest BCUT2D eigenvalue weighted by Gasteiger charge is 2.16. The molecule has 2 heterocycles. The molecule has 0 aliphatic carbocycles. The number of aryl methyl sites for hydroxylation is 1. The number of benzene rings is 1. The third-order valence-corrected chi connectivity index (χ3v) is 6.04. The predicted octanol–water partition coefficient (Wildman–Crippen LogP) is 3.32. The number of hydrogen-bond acceptors (Lipinski definition) is 4. The van der Waals surface area contributed by atoms with E-state index in [1.54, 1.807) is 11.3 Å². The van der Waals surface area contributed by atoms with Crippen LogP contribution in [0.2, 0.25) is 0 Å². The van der Waals surface area contributed by atoms with Gasteiger partial charge in [-0.3, -0.25) is 9.89 Å². The first-order valence-electron chi connectivity index (χ1n) is 10.3. The highest BCUT2D eigenvalue weighted by atomic mass is 32.1. The van der Waals surface area contributed by atoms with Crippen LogP contribution in [0.4, 0.5) is 5.69 Å². The highest BCUT2D eigenvalue weighted by Crippen LogP contribution is 2.17. The number of nitrogens with zero attached hydrogens (tertiary/aromatic N) is 3. The van der Waals surface area contributed by atoms with Crippen molar-refractivity contribution in [2.75, 3.05) is 51.2 Å². The van der Waals surface area contributed by atoms with E-state index in [-0.39, 0.29) is 0 Å². The first-order chi connectivity index (χ1) is 13.7. The fraction of sp³-hybridized carbons (Fsp3) is 0.500. The summed E-state index contributed by atoms with van der Waals surface area (Å²) in [5, 5.41) is 8.90. The molecule has 2 aromatic rings. The fourth-order valence-electron chi connectivity index (χ4n) is 3.53. The zero-order chi connectivity index (χ0) is 19.6. The molecule has 3 rings (SSSR count). The number of thiophene rings is 1. The van der Waals surface area contributed by atoms with Gasteiger partial charge in [-0.15, -0.1) is 11.3 Å². The van der Waals surface area contributed by atoms with Crippen molar-refractivity contribution < 1.29 is 0 Å². The molecule has 1 aromatic heterocycles. The second-order valence-electron chi connectivity index (χ2n) is 7.31. The van der Waals surface area contributed by atoms with E-state index in [1.165, 1.54) is 29.1 Å². The number of unbranched alkanes of at least 4 members (excludes halogenated alkanes) is 1. The van der Waals surface area contributed by atoms with Crippen molar-refractivity contribution in [3.8, 4) is 0 Å². The Kier molecular flexibility index (Phi) is 8.18. The molecule has 152 valence electrons. The molecule has 6 heteroatoms. The zero-order valence-corrected chi connectivity index (χ0v) is 18.0. The number of rotatable bonds is 8. The normalized spacial score (nSPS) is 15.6. The standard InChI is InChI=1S/C22H33N5S/c1-19-7-5-8-20(17-19)27-14-12-26(13-15-27)11-4-3-10-24-22(23-2)25-18-21-9-6-16-28-21/h5-9,16-17H,3-4,10-15,18H2,1-2H3,(H2,23,24,25). The van der Waals surface area contributed by atoms with Gasteiger partial charge in [0.15, 0.2) is 5.96 Å². The number of anilines is 1. The van der Waals surface area contributed by atoms with Crippen molar-refractivity contribution in [1.82, 2.24) is 15.5 Å². The number of piperazine rings is 1. The van der Waals surface area contributed by atoms with Gasteiger partial charge in [0, 0.05) is 50.3 Å². The van der Waals surface area contributed by atoms with Gasteiger partial charge in [-0.1, -0.05) is 18.2 Å². The summed E-state index contributed by atoms with van der Waals surface area (Å²) in [6, 6.07) is 13.1. The molecule has 1 aliphatic heterocycles. The summed E-state index contributed by atoms with van der Waals surface area (Å²) in [5.74, 6) is 0.889. The lowest BCUT2D eigenvalue weighted by Gasteiger charge is -2.36. The van der Waals surface area contributed by atoms with Gasteiger partial charge in [0.2, 0.25) is 0 Å². The Bertz CT molecular complexity index is 720. The molecule has 0 radical (unpaired) electrons. The molecule has 28 heavy (non-hydrogen) atoms. The van der Waals surface area contributed by atoms with Crippen LogP contribution in [0.5, 0.6) is 0 Å². The number of hydrogen-bond donors (Lipinski definition) is 2. The Morgan fingerprint density at radius 2 is 1.93 bits per heavy atom. The van der Waals surface area contributed by atoms with Crippen molar-refractivity contribution >= 4 is 23.0 Å². The molecule has 0 atom stereocenters. The van der Waals surface area contributed by atoms with Gasteiger partial charge in [0.1, 0.15) is 0 Å². The number of aliphatic imine (C=N–C) groups is 1. The van der Waals surface area contributed by atoms with Crippen molar-refractivity contribution in [3.05, 3.63) is 52.2 Å². The van der Waals surface area contributed by atoms with E-state index < -0.39 is 0 Å². The van der Waals surface area contributed by atoms with Crippen molar-refractivity contribution in [2.24, 2.45) is 4.99 Å². The maximum Gasteiger partial charge on any atom is 0.191 e. The minimum atomic E-state index is 0.836. The Morgan fingerprint density at radius 1 is 1.07 bits per heavy atom. The third kappa shape index (κ3) is 6.53. The second-order valence-corrected chi connectivity index (χ2v) is 8.34. The minimum absolute atomic E-state index is 0.836. The average Bonchev–Trinajstić information content (AvgIpc) is 3.24. The van der Waals surface area contributed by atoms with E-state index in [0.29, 0.717) is 0 Å². The van der Waals surface area contributed by atoms with E-state index in [1.807, 2.05) is 7.05 Å². The molecule has 0 bridgehead atoms. The first-order valence-corrected chi connectivity index (χ1v) is 11.1. The van der Waals surface area contributed by atoms with Gasteiger partial charge in [0.25, 0.3) is 0 Å². The molecule has 1 saturated heterocycles. The predicted molar refractivity (Wildman–Crippen MR) is 122 cm³/mol. The lowest BCUT2D eigenvalue weighted by atomic mass is 10.2. The Morgan fingerprint density at radius 3 is 2.64 bits per heavy atom. The highest BCUT2D eigenvalue weighted by molar-refractivity contribution is 7.09. The smallest absolute Gasteiger partial charge is 0.191 e. The van der Waals surface area contributed by atoms with Gasteiger partial charge in [-0.05, 0) is 55.5 Å². The van der Waals surface area contributed by atoms with Crippen LogP contribution in [-0.4, -0.2) is 57.2 Å². The maximum atomic E-state index is 4.30. The molecule has 0 amide bonds. The van der Waals surface area contributed by atoms with Crippen LogP contribution in [0.3, 0.4) is 0 Å². The summed E-state index contributed by atoms with van der Waals surface area (Å²) in [5.41, 5.74) is 2.71. The quantitative estimate of drug-likeness (QED) is 0.406. The molecule has 0 unspecified atom stereocenters. The third-order valence-electron chi connectivity index (χ3n) is 5.17. The van der Waals surface area contributed by atoms with E-state index in [2.05, 4.69) is 74.1 Å². The van der Waals surface area contributed by atoms with Crippen LogP contribution < -0.4 is 15.5 Å². The molecule has 1 aliphatic rings. The fourth-order valence-corrected chi connectivity index (χ4v) is 4.17. The monoisotopic (exact) mass is 399 g/mol. The molecule has 0 spiro atoms. The molecular formula is C22H33N5S. The van der Waals surface area contributed by atoms with Crippen LogP contribution in [0.25, 0.3) is 0 Å². The van der Waals surface area contributed by atoms with Crippen LogP contribution in [-0.2, 0) is 6.54 Å². The van der Waals surface area contributed by atoms with Crippen molar-refractivity contribution in [2.45, 2.75) is 26.3 Å². The largest absolute Gasteiger partial charge is 0.369 e. The number of guanidine groups is 1. The van der Waals surface area contributed by atoms with E-state index in [4.69, 9.17) is 0 Å². The van der Waals surface area contributed by atoms with Crippen molar-refractivity contribution in [1.29, 1.82) is 0 Å². The molecule has 5 nitrogen and oxygen atoms in total. The number of nitrogens with one attached hydrogen (secondary N) is 2. The van der Waals surface area contributed by atoms with Crippen LogP contribution in [0.1, 0.15) is 23.3 Å². The maximum absolute atomic E-state index is 4.30. The van der Waals surface area contributed by atoms with Crippen LogP contribution in [0, 0.1) is 6.92 Å². The lowest BCUT2D eigenvalue weighted by molar-refractivity contribution is 0.253. The molecular weight excluding hydrogens is 366 g/mol. The molecule has 1 fully saturated rings. The van der Waals surface area contributed by atoms with Gasteiger partial charge >= 0.3 is 0 Å². The summed E-state index contributed by atoms with van der Waals surface area (Å²) in [6.45, 7) is 9.72. The first kappa shape index (κ1) is 20.7. The summed E-state index contributed by atoms with van der Waals surface area (Å²) < 4.78 is 0. The Hall–Kier alpha value is -2.05. The summed E-state index contributed by atoms with van der Waals surface area (Å²) in [4.78, 5) is 10.7. The zero-order valence-electron chi connectivity index (χ0n) is 17.2. The van der Waals surface area contributed by atoms with Crippen LogP contribution >= 0.6 is 11.3 Å². The van der Waals surface area contributed by atoms with Gasteiger partial charge in [-0.25, -0.2) is 0 Å². The molecule has 1 aromatic carbocycles.